The third-order valence-corrected chi connectivity index (χ3v) is 4.46. The second-order valence-electron chi connectivity index (χ2n) is 5.60. The number of aromatic nitrogens is 4. The number of esters is 1. The summed E-state index contributed by atoms with van der Waals surface area (Å²) < 4.78 is 12.2. The van der Waals surface area contributed by atoms with Gasteiger partial charge in [-0.2, -0.15) is 5.10 Å². The molecule has 0 aromatic carbocycles. The summed E-state index contributed by atoms with van der Waals surface area (Å²) in [5, 5.41) is 13.9. The van der Waals surface area contributed by atoms with Crippen LogP contribution in [0.25, 0.3) is 10.8 Å². The average Bonchev–Trinajstić information content (AvgIpc) is 3.32. The van der Waals surface area contributed by atoms with Gasteiger partial charge < -0.3 is 9.15 Å². The monoisotopic (exact) mass is 374 g/mol. The van der Waals surface area contributed by atoms with Gasteiger partial charge >= 0.3 is 5.97 Å². The molecule has 0 radical (unpaired) electrons. The summed E-state index contributed by atoms with van der Waals surface area (Å²) in [4.78, 5) is 24.9. The van der Waals surface area contributed by atoms with Gasteiger partial charge in [-0.3, -0.25) is 4.79 Å². The Morgan fingerprint density at radius 2 is 2.19 bits per heavy atom. The molecule has 8 nitrogen and oxygen atoms in total. The van der Waals surface area contributed by atoms with Gasteiger partial charge in [-0.1, -0.05) is 19.4 Å². The normalized spacial score (nSPS) is 12.1. The Morgan fingerprint density at radius 3 is 2.92 bits per heavy atom. The van der Waals surface area contributed by atoms with E-state index in [1.54, 1.807) is 6.92 Å². The van der Waals surface area contributed by atoms with E-state index in [1.807, 2.05) is 24.4 Å². The lowest BCUT2D eigenvalue weighted by molar-refractivity contribution is 0.0270. The van der Waals surface area contributed by atoms with Crippen molar-refractivity contribution in [1.82, 2.24) is 20.0 Å². The molecular formula is C17H18N4O4S. The van der Waals surface area contributed by atoms with Crippen LogP contribution >= 0.6 is 11.3 Å². The quantitative estimate of drug-likeness (QED) is 0.586. The van der Waals surface area contributed by atoms with Crippen LogP contribution in [0.1, 0.15) is 49.2 Å². The predicted molar refractivity (Wildman–Crippen MR) is 94.8 cm³/mol. The number of carbonyl (C=O) groups is 1. The van der Waals surface area contributed by atoms with Gasteiger partial charge in [0.15, 0.2) is 11.8 Å². The van der Waals surface area contributed by atoms with Crippen LogP contribution in [-0.2, 0) is 11.3 Å². The van der Waals surface area contributed by atoms with Gasteiger partial charge in [-0.15, -0.1) is 21.5 Å². The summed E-state index contributed by atoms with van der Waals surface area (Å²) >= 11 is 1.47. The fraction of sp³-hybridized carbons (Fsp3) is 0.353. The van der Waals surface area contributed by atoms with Crippen LogP contribution in [0.5, 0.6) is 0 Å². The molecule has 3 rings (SSSR count). The van der Waals surface area contributed by atoms with E-state index in [0.29, 0.717) is 12.4 Å². The molecule has 0 saturated heterocycles. The molecule has 0 aliphatic carbocycles. The highest BCUT2D eigenvalue weighted by Crippen LogP contribution is 2.26. The average molecular weight is 374 g/mol. The van der Waals surface area contributed by atoms with E-state index in [9.17, 15) is 9.59 Å². The van der Waals surface area contributed by atoms with Crippen molar-refractivity contribution in [3.63, 3.8) is 0 Å². The van der Waals surface area contributed by atoms with Crippen molar-refractivity contribution in [3.05, 3.63) is 51.6 Å². The first kappa shape index (κ1) is 18.0. The lowest BCUT2D eigenvalue weighted by atomic mass is 10.3. The fourth-order valence-electron chi connectivity index (χ4n) is 2.20. The van der Waals surface area contributed by atoms with Gasteiger partial charge in [-0.25, -0.2) is 9.48 Å². The smallest absolute Gasteiger partial charge is 0.359 e. The third kappa shape index (κ3) is 4.05. The minimum Gasteiger partial charge on any atom is -0.448 e. The Balaban J connectivity index is 1.70. The highest BCUT2D eigenvalue weighted by atomic mass is 32.1. The highest BCUT2D eigenvalue weighted by molar-refractivity contribution is 7.13. The van der Waals surface area contributed by atoms with Crippen LogP contribution in [-0.4, -0.2) is 25.9 Å². The van der Waals surface area contributed by atoms with Crippen LogP contribution in [0.3, 0.4) is 0 Å². The summed E-state index contributed by atoms with van der Waals surface area (Å²) in [5.74, 6) is -0.0798. The minimum atomic E-state index is -0.735. The topological polar surface area (TPSA) is 100 Å². The van der Waals surface area contributed by atoms with Crippen LogP contribution in [0.2, 0.25) is 0 Å². The first-order valence-corrected chi connectivity index (χ1v) is 9.13. The standard InChI is InChI=1S/C17H18N4O4S/c1-3-4-9-21-14(22)8-7-12(20-21)17(23)24-11(2)15-18-19-16(25-15)13-6-5-10-26-13/h5-8,10-11H,3-4,9H2,1-2H3. The van der Waals surface area contributed by atoms with E-state index < -0.39 is 12.1 Å². The van der Waals surface area contributed by atoms with E-state index in [2.05, 4.69) is 15.3 Å². The lowest BCUT2D eigenvalue weighted by Gasteiger charge is -2.10. The molecule has 0 amide bonds. The van der Waals surface area contributed by atoms with Crippen molar-refractivity contribution < 1.29 is 13.9 Å². The summed E-state index contributed by atoms with van der Waals surface area (Å²) in [6.45, 7) is 4.11. The number of hydrogen-bond donors (Lipinski definition) is 0. The van der Waals surface area contributed by atoms with Gasteiger partial charge in [-0.05, 0) is 30.9 Å². The molecule has 26 heavy (non-hydrogen) atoms. The molecular weight excluding hydrogens is 356 g/mol. The largest absolute Gasteiger partial charge is 0.448 e. The molecule has 1 unspecified atom stereocenters. The maximum Gasteiger partial charge on any atom is 0.359 e. The molecule has 3 heterocycles. The van der Waals surface area contributed by atoms with Crippen molar-refractivity contribution >= 4 is 17.3 Å². The Kier molecular flexibility index (Phi) is 5.57. The van der Waals surface area contributed by atoms with Crippen LogP contribution < -0.4 is 5.56 Å². The first-order chi connectivity index (χ1) is 12.6. The van der Waals surface area contributed by atoms with Crippen molar-refractivity contribution in [2.45, 2.75) is 39.3 Å². The van der Waals surface area contributed by atoms with Gasteiger partial charge in [0.1, 0.15) is 0 Å². The zero-order valence-electron chi connectivity index (χ0n) is 14.4. The molecule has 3 aromatic heterocycles. The molecule has 0 aliphatic heterocycles. The van der Waals surface area contributed by atoms with Gasteiger partial charge in [0.25, 0.3) is 17.3 Å². The number of thiophene rings is 1. The second kappa shape index (κ2) is 8.05. The zero-order valence-corrected chi connectivity index (χ0v) is 15.2. The number of unbranched alkanes of at least 4 members (excludes halogenated alkanes) is 1. The van der Waals surface area contributed by atoms with Gasteiger partial charge in [0, 0.05) is 12.6 Å². The van der Waals surface area contributed by atoms with Crippen LogP contribution in [0, 0.1) is 0 Å². The number of hydrogen-bond acceptors (Lipinski definition) is 8. The van der Waals surface area contributed by atoms with Crippen LogP contribution in [0.15, 0.2) is 38.9 Å². The van der Waals surface area contributed by atoms with E-state index in [1.165, 1.54) is 28.2 Å². The van der Waals surface area contributed by atoms with Crippen molar-refractivity contribution in [2.75, 3.05) is 0 Å². The second-order valence-corrected chi connectivity index (χ2v) is 6.55. The molecule has 9 heteroatoms. The Labute approximate surface area is 153 Å². The number of nitrogens with zero attached hydrogens (tertiary/aromatic N) is 4. The third-order valence-electron chi connectivity index (χ3n) is 3.60. The highest BCUT2D eigenvalue weighted by Gasteiger charge is 2.21. The summed E-state index contributed by atoms with van der Waals surface area (Å²) in [6, 6.07) is 6.41. The molecule has 1 atom stereocenters. The van der Waals surface area contributed by atoms with E-state index in [0.717, 1.165) is 17.7 Å². The maximum absolute atomic E-state index is 12.3. The molecule has 136 valence electrons. The van der Waals surface area contributed by atoms with Gasteiger partial charge in [0.05, 0.1) is 4.88 Å². The van der Waals surface area contributed by atoms with E-state index >= 15 is 0 Å². The van der Waals surface area contributed by atoms with Gasteiger partial charge in [0.2, 0.25) is 0 Å². The number of aryl methyl sites for hydroxylation is 1. The fourth-order valence-corrected chi connectivity index (χ4v) is 2.84. The number of rotatable bonds is 7. The number of ether oxygens (including phenoxy) is 1. The zero-order chi connectivity index (χ0) is 18.5. The molecule has 0 fully saturated rings. The lowest BCUT2D eigenvalue weighted by Crippen LogP contribution is -2.25. The molecule has 0 aliphatic rings. The predicted octanol–water partition coefficient (Wildman–Crippen LogP) is 3.07. The molecule has 0 spiro atoms. The Morgan fingerprint density at radius 1 is 1.35 bits per heavy atom. The van der Waals surface area contributed by atoms with Crippen molar-refractivity contribution in [3.8, 4) is 10.8 Å². The summed E-state index contributed by atoms with van der Waals surface area (Å²) in [5.41, 5.74) is -0.189. The number of carbonyl (C=O) groups excluding carboxylic acids is 1. The molecule has 0 bridgehead atoms. The van der Waals surface area contributed by atoms with Crippen molar-refractivity contribution in [2.24, 2.45) is 0 Å². The Hall–Kier alpha value is -2.81. The first-order valence-electron chi connectivity index (χ1n) is 8.25. The maximum atomic E-state index is 12.3. The van der Waals surface area contributed by atoms with E-state index in [-0.39, 0.29) is 17.1 Å². The van der Waals surface area contributed by atoms with E-state index in [4.69, 9.17) is 9.15 Å². The van der Waals surface area contributed by atoms with Crippen molar-refractivity contribution in [1.29, 1.82) is 0 Å². The minimum absolute atomic E-state index is 0.0607. The SMILES string of the molecule is CCCCn1nc(C(=O)OC(C)c2nnc(-c3cccs3)o2)ccc1=O. The molecule has 3 aromatic rings. The molecule has 0 N–H and O–H groups in total. The summed E-state index contributed by atoms with van der Waals surface area (Å²) in [7, 11) is 0. The summed E-state index contributed by atoms with van der Waals surface area (Å²) in [6.07, 6.45) is 0.986. The molecule has 0 saturated carbocycles. The Bertz CT molecular complexity index is 932. The van der Waals surface area contributed by atoms with Crippen LogP contribution in [0.4, 0.5) is 0 Å².